The Hall–Kier alpha value is -3.62. The maximum atomic E-state index is 10.4. The molecule has 2 atom stereocenters. The van der Waals surface area contributed by atoms with Crippen LogP contribution in [0.2, 0.25) is 0 Å². The highest BCUT2D eigenvalue weighted by molar-refractivity contribution is 5.85. The summed E-state index contributed by atoms with van der Waals surface area (Å²) >= 11 is 0. The van der Waals surface area contributed by atoms with Crippen molar-refractivity contribution in [2.24, 2.45) is 7.05 Å². The molecule has 5 heterocycles. The molecule has 1 aliphatic heterocycles. The fraction of sp³-hybridized carbons (Fsp3) is 0.308. The van der Waals surface area contributed by atoms with Gasteiger partial charge in [0, 0.05) is 49.5 Å². The summed E-state index contributed by atoms with van der Waals surface area (Å²) in [5, 5.41) is 24.6. The predicted octanol–water partition coefficient (Wildman–Crippen LogP) is 3.86. The molecule has 0 saturated carbocycles. The molecule has 0 spiro atoms. The number of benzene rings is 1. The first-order valence-electron chi connectivity index (χ1n) is 11.6. The Balaban J connectivity index is 1.38. The normalized spacial score (nSPS) is 19.9. The van der Waals surface area contributed by atoms with Gasteiger partial charge in [-0.15, -0.1) is 10.2 Å². The molecule has 1 N–H and O–H groups in total. The van der Waals surface area contributed by atoms with Crippen molar-refractivity contribution in [1.82, 2.24) is 34.3 Å². The molecule has 172 valence electrons. The minimum absolute atomic E-state index is 0.181. The van der Waals surface area contributed by atoms with Crippen LogP contribution in [0.1, 0.15) is 31.9 Å². The number of hydrogen-bond acceptors (Lipinski definition) is 6. The van der Waals surface area contributed by atoms with Gasteiger partial charge in [-0.05, 0) is 49.6 Å². The van der Waals surface area contributed by atoms with Gasteiger partial charge in [-0.3, -0.25) is 14.0 Å². The van der Waals surface area contributed by atoms with E-state index in [1.54, 1.807) is 4.68 Å². The van der Waals surface area contributed by atoms with Gasteiger partial charge in [0.05, 0.1) is 17.3 Å². The molecule has 8 nitrogen and oxygen atoms in total. The fourth-order valence-electron chi connectivity index (χ4n) is 4.84. The molecule has 0 radical (unpaired) electrons. The summed E-state index contributed by atoms with van der Waals surface area (Å²) in [5.74, 6) is 0.714. The van der Waals surface area contributed by atoms with Crippen LogP contribution >= 0.6 is 0 Å². The second kappa shape index (κ2) is 7.72. The highest BCUT2D eigenvalue weighted by Crippen LogP contribution is 2.31. The number of aliphatic hydroxyl groups is 1. The number of pyridine rings is 2. The minimum Gasteiger partial charge on any atom is -0.389 e. The van der Waals surface area contributed by atoms with Crippen LogP contribution in [0.3, 0.4) is 0 Å². The first kappa shape index (κ1) is 20.9. The Labute approximate surface area is 197 Å². The largest absolute Gasteiger partial charge is 0.389 e. The van der Waals surface area contributed by atoms with E-state index in [1.165, 1.54) is 0 Å². The number of likely N-dealkylation sites (tertiary alicyclic amines) is 1. The summed E-state index contributed by atoms with van der Waals surface area (Å²) in [6.45, 7) is 5.65. The number of fused-ring (bicyclic) bond motifs is 2. The van der Waals surface area contributed by atoms with Crippen LogP contribution in [0.5, 0.6) is 0 Å². The summed E-state index contributed by atoms with van der Waals surface area (Å²) in [7, 11) is 1.92. The SMILES string of the molecule is C[C@H](c1ccc2nnc(-c3ccc4ccc(-c5cnn(C)c5)cc4n3)n2c1)N1CCC(C)(O)C1. The Morgan fingerprint density at radius 1 is 1.03 bits per heavy atom. The molecule has 1 aromatic carbocycles. The van der Waals surface area contributed by atoms with Crippen molar-refractivity contribution in [1.29, 1.82) is 0 Å². The summed E-state index contributed by atoms with van der Waals surface area (Å²) in [6.07, 6.45) is 6.75. The second-order valence-electron chi connectivity index (χ2n) is 9.61. The molecule has 4 aromatic heterocycles. The first-order valence-corrected chi connectivity index (χ1v) is 11.6. The maximum Gasteiger partial charge on any atom is 0.187 e. The van der Waals surface area contributed by atoms with Crippen molar-refractivity contribution in [2.45, 2.75) is 31.9 Å². The van der Waals surface area contributed by atoms with Gasteiger partial charge in [-0.25, -0.2) is 4.98 Å². The molecular weight excluding hydrogens is 426 g/mol. The predicted molar refractivity (Wildman–Crippen MR) is 131 cm³/mol. The van der Waals surface area contributed by atoms with Crippen LogP contribution in [-0.2, 0) is 7.05 Å². The van der Waals surface area contributed by atoms with Crippen molar-refractivity contribution in [3.63, 3.8) is 0 Å². The maximum absolute atomic E-state index is 10.4. The molecule has 1 saturated heterocycles. The van der Waals surface area contributed by atoms with Crippen LogP contribution in [0.4, 0.5) is 0 Å². The third kappa shape index (κ3) is 3.65. The van der Waals surface area contributed by atoms with E-state index in [9.17, 15) is 5.11 Å². The lowest BCUT2D eigenvalue weighted by molar-refractivity contribution is 0.0633. The third-order valence-corrected chi connectivity index (χ3v) is 6.90. The highest BCUT2D eigenvalue weighted by Gasteiger charge is 2.34. The van der Waals surface area contributed by atoms with Crippen molar-refractivity contribution < 1.29 is 5.11 Å². The molecule has 8 heteroatoms. The topological polar surface area (TPSA) is 84.4 Å². The average Bonchev–Trinajstić information content (AvgIpc) is 3.55. The molecular formula is C26H27N7O. The van der Waals surface area contributed by atoms with Gasteiger partial charge < -0.3 is 5.11 Å². The third-order valence-electron chi connectivity index (χ3n) is 6.90. The molecule has 1 aliphatic rings. The number of aromatic nitrogens is 6. The Kier molecular flexibility index (Phi) is 4.75. The Morgan fingerprint density at radius 3 is 2.65 bits per heavy atom. The van der Waals surface area contributed by atoms with Gasteiger partial charge in [-0.2, -0.15) is 5.10 Å². The van der Waals surface area contributed by atoms with Crippen molar-refractivity contribution in [3.8, 4) is 22.6 Å². The van der Waals surface area contributed by atoms with Crippen LogP contribution in [0.15, 0.2) is 61.1 Å². The monoisotopic (exact) mass is 453 g/mol. The summed E-state index contributed by atoms with van der Waals surface area (Å²) in [4.78, 5) is 7.26. The van der Waals surface area contributed by atoms with Gasteiger partial charge in [0.15, 0.2) is 11.5 Å². The number of hydrogen-bond donors (Lipinski definition) is 1. The Morgan fingerprint density at radius 2 is 1.88 bits per heavy atom. The molecule has 5 aromatic rings. The zero-order valence-corrected chi connectivity index (χ0v) is 19.5. The van der Waals surface area contributed by atoms with Gasteiger partial charge in [-0.1, -0.05) is 24.3 Å². The van der Waals surface area contributed by atoms with Crippen LogP contribution in [0, 0.1) is 0 Å². The minimum atomic E-state index is -0.621. The number of β-amino-alcohol motifs (C(OH)–C–C–N with tert-alkyl or cyclic N) is 1. The zero-order valence-electron chi connectivity index (χ0n) is 19.5. The summed E-state index contributed by atoms with van der Waals surface area (Å²) in [5.41, 5.74) is 5.13. The highest BCUT2D eigenvalue weighted by atomic mass is 16.3. The quantitative estimate of drug-likeness (QED) is 0.445. The standard InChI is InChI=1S/C26H27N7O/c1-17(32-11-10-26(2,34)16-32)20-7-9-24-29-30-25(33(24)15-20)22-8-6-18-4-5-19(12-23(18)28-22)21-13-27-31(3)14-21/h4-9,12-15,17,34H,10-11,16H2,1-3H3/t17-,26?/m1/s1. The van der Waals surface area contributed by atoms with E-state index < -0.39 is 5.60 Å². The lowest BCUT2D eigenvalue weighted by atomic mass is 10.1. The molecule has 34 heavy (non-hydrogen) atoms. The van der Waals surface area contributed by atoms with Crippen LogP contribution in [-0.4, -0.2) is 58.1 Å². The van der Waals surface area contributed by atoms with Crippen molar-refractivity contribution >= 4 is 16.6 Å². The molecule has 1 fully saturated rings. The number of aryl methyl sites for hydroxylation is 1. The number of rotatable bonds is 4. The molecule has 6 rings (SSSR count). The van der Waals surface area contributed by atoms with E-state index in [-0.39, 0.29) is 6.04 Å². The molecule has 0 bridgehead atoms. The van der Waals surface area contributed by atoms with Crippen molar-refractivity contribution in [2.75, 3.05) is 13.1 Å². The fourth-order valence-corrected chi connectivity index (χ4v) is 4.84. The zero-order chi connectivity index (χ0) is 23.4. The van der Waals surface area contributed by atoms with Gasteiger partial charge >= 0.3 is 0 Å². The van der Waals surface area contributed by atoms with E-state index in [0.717, 1.165) is 51.9 Å². The van der Waals surface area contributed by atoms with Gasteiger partial charge in [0.25, 0.3) is 0 Å². The lowest BCUT2D eigenvalue weighted by Crippen LogP contribution is -2.31. The second-order valence-corrected chi connectivity index (χ2v) is 9.61. The van der Waals surface area contributed by atoms with E-state index >= 15 is 0 Å². The van der Waals surface area contributed by atoms with Crippen molar-refractivity contribution in [3.05, 3.63) is 66.6 Å². The lowest BCUT2D eigenvalue weighted by Gasteiger charge is -2.26. The summed E-state index contributed by atoms with van der Waals surface area (Å²) in [6, 6.07) is 14.6. The average molecular weight is 454 g/mol. The smallest absolute Gasteiger partial charge is 0.187 e. The van der Waals surface area contributed by atoms with E-state index in [2.05, 4.69) is 63.6 Å². The number of nitrogens with zero attached hydrogens (tertiary/aromatic N) is 7. The van der Waals surface area contributed by atoms with E-state index in [0.29, 0.717) is 12.4 Å². The summed E-state index contributed by atoms with van der Waals surface area (Å²) < 4.78 is 3.81. The Bertz CT molecular complexity index is 1520. The molecule has 0 aliphatic carbocycles. The van der Waals surface area contributed by atoms with Crippen LogP contribution in [0.25, 0.3) is 39.2 Å². The van der Waals surface area contributed by atoms with Gasteiger partial charge in [0.1, 0.15) is 5.69 Å². The van der Waals surface area contributed by atoms with E-state index in [4.69, 9.17) is 4.98 Å². The van der Waals surface area contributed by atoms with E-state index in [1.807, 2.05) is 42.9 Å². The van der Waals surface area contributed by atoms with Gasteiger partial charge in [0.2, 0.25) is 0 Å². The molecule has 0 amide bonds. The molecule has 1 unspecified atom stereocenters. The first-order chi connectivity index (χ1) is 16.4. The van der Waals surface area contributed by atoms with Crippen LogP contribution < -0.4 is 0 Å².